The highest BCUT2D eigenvalue weighted by molar-refractivity contribution is 5.82. The van der Waals surface area contributed by atoms with Gasteiger partial charge in [0.2, 0.25) is 0 Å². The quantitative estimate of drug-likeness (QED) is 0.139. The van der Waals surface area contributed by atoms with Crippen LogP contribution in [0.15, 0.2) is 0 Å². The molecule has 0 spiro atoms. The highest BCUT2D eigenvalue weighted by atomic mass is 16.7. The van der Waals surface area contributed by atoms with Crippen LogP contribution in [-0.4, -0.2) is 70.9 Å². The minimum atomic E-state index is -1.22. The van der Waals surface area contributed by atoms with Gasteiger partial charge < -0.3 is 34.3 Å². The van der Waals surface area contributed by atoms with Crippen LogP contribution in [0.5, 0.6) is 0 Å². The third kappa shape index (κ3) is 13.3. The number of ether oxygens (including phenoxy) is 4. The minimum Gasteiger partial charge on any atom is -0.436 e. The molecule has 38 heavy (non-hydrogen) atoms. The van der Waals surface area contributed by atoms with E-state index < -0.39 is 48.6 Å². The monoisotopic (exact) mass is 548 g/mol. The fourth-order valence-electron chi connectivity index (χ4n) is 5.00. The lowest BCUT2D eigenvalue weighted by atomic mass is 9.78. The van der Waals surface area contributed by atoms with E-state index in [2.05, 4.69) is 0 Å². The Balaban J connectivity index is 5.82. The summed E-state index contributed by atoms with van der Waals surface area (Å²) in [6.45, 7) is 16.4. The summed E-state index contributed by atoms with van der Waals surface area (Å²) in [5.41, 5.74) is -1.19. The molecule has 0 aromatic heterocycles. The highest BCUT2D eigenvalue weighted by Gasteiger charge is 2.39. The van der Waals surface area contributed by atoms with Crippen LogP contribution >= 0.6 is 0 Å². The van der Waals surface area contributed by atoms with Crippen molar-refractivity contribution in [3.8, 4) is 0 Å². The second-order valence-corrected chi connectivity index (χ2v) is 11.3. The zero-order valence-corrected chi connectivity index (χ0v) is 25.4. The first-order valence-electron chi connectivity index (χ1n) is 14.3. The standard InChI is InChI=1S/C29H56O9/c1-11-14-18(4)25(31)19(5)16-29(9,34)17-20(6)26(21(7)27(32)37-23(30)13-3)38-24(15-12-2)36-22(8)28(33)35-10/h18-24,26,28,30,33-34H,11-17H2,1-10H3/t18-,19-,20?,21?,22+,23?,24?,26?,28?,29+/m1/s1. The van der Waals surface area contributed by atoms with Gasteiger partial charge in [-0.05, 0) is 52.4 Å². The summed E-state index contributed by atoms with van der Waals surface area (Å²) < 4.78 is 22.4. The van der Waals surface area contributed by atoms with Gasteiger partial charge >= 0.3 is 5.97 Å². The van der Waals surface area contributed by atoms with Gasteiger partial charge in [0.25, 0.3) is 0 Å². The summed E-state index contributed by atoms with van der Waals surface area (Å²) in [6, 6.07) is 0. The Morgan fingerprint density at radius 2 is 1.45 bits per heavy atom. The number of esters is 1. The lowest BCUT2D eigenvalue weighted by Gasteiger charge is -2.37. The summed E-state index contributed by atoms with van der Waals surface area (Å²) in [5, 5.41) is 31.2. The lowest BCUT2D eigenvalue weighted by molar-refractivity contribution is -0.256. The van der Waals surface area contributed by atoms with Crippen molar-refractivity contribution in [2.45, 2.75) is 144 Å². The molecule has 6 unspecified atom stereocenters. The minimum absolute atomic E-state index is 0.0597. The lowest BCUT2D eigenvalue weighted by Crippen LogP contribution is -2.44. The molecule has 0 aromatic rings. The Kier molecular flexibility index (Phi) is 17.8. The maximum Gasteiger partial charge on any atom is 0.313 e. The van der Waals surface area contributed by atoms with E-state index in [0.29, 0.717) is 6.42 Å². The molecule has 226 valence electrons. The number of ketones is 1. The zero-order valence-electron chi connectivity index (χ0n) is 25.4. The van der Waals surface area contributed by atoms with Gasteiger partial charge in [-0.3, -0.25) is 9.59 Å². The summed E-state index contributed by atoms with van der Waals surface area (Å²) in [4.78, 5) is 25.7. The van der Waals surface area contributed by atoms with E-state index in [1.165, 1.54) is 7.11 Å². The van der Waals surface area contributed by atoms with Crippen LogP contribution in [0, 0.1) is 23.7 Å². The molecule has 0 heterocycles. The number of aliphatic hydroxyl groups excluding tert-OH is 2. The fourth-order valence-corrected chi connectivity index (χ4v) is 5.00. The van der Waals surface area contributed by atoms with Crippen LogP contribution in [0.2, 0.25) is 0 Å². The van der Waals surface area contributed by atoms with E-state index in [4.69, 9.17) is 18.9 Å². The molecule has 0 aliphatic carbocycles. The van der Waals surface area contributed by atoms with E-state index in [0.717, 1.165) is 19.3 Å². The van der Waals surface area contributed by atoms with Gasteiger partial charge in [-0.2, -0.15) is 0 Å². The second kappa shape index (κ2) is 18.3. The number of rotatable bonds is 21. The topological polar surface area (TPSA) is 132 Å². The molecule has 0 bridgehead atoms. The average molecular weight is 549 g/mol. The average Bonchev–Trinajstić information content (AvgIpc) is 2.84. The van der Waals surface area contributed by atoms with Gasteiger partial charge in [0, 0.05) is 25.4 Å². The Hall–Kier alpha value is -1.10. The van der Waals surface area contributed by atoms with Crippen LogP contribution < -0.4 is 0 Å². The van der Waals surface area contributed by atoms with Gasteiger partial charge in [0.15, 0.2) is 18.9 Å². The first kappa shape index (κ1) is 36.9. The molecule has 9 nitrogen and oxygen atoms in total. The number of aliphatic hydroxyl groups is 3. The van der Waals surface area contributed by atoms with E-state index in [-0.39, 0.29) is 42.8 Å². The molecule has 0 aliphatic heterocycles. The molecule has 0 rings (SSSR count). The molecule has 9 heteroatoms. The molecule has 0 aliphatic rings. The Morgan fingerprint density at radius 1 is 0.868 bits per heavy atom. The Labute approximate surface area is 230 Å². The van der Waals surface area contributed by atoms with Crippen LogP contribution in [0.25, 0.3) is 0 Å². The maximum atomic E-state index is 12.9. The number of hydrogen-bond donors (Lipinski definition) is 3. The first-order valence-corrected chi connectivity index (χ1v) is 14.3. The molecule has 0 aromatic carbocycles. The number of Topliss-reactive ketones (excluding diaryl/α,β-unsaturated/α-hetero) is 1. The largest absolute Gasteiger partial charge is 0.436 e. The van der Waals surface area contributed by atoms with Gasteiger partial charge in [0.1, 0.15) is 11.9 Å². The first-order chi connectivity index (χ1) is 17.6. The van der Waals surface area contributed by atoms with E-state index >= 15 is 0 Å². The van der Waals surface area contributed by atoms with Crippen molar-refractivity contribution in [2.75, 3.05) is 7.11 Å². The molecular weight excluding hydrogens is 492 g/mol. The predicted octanol–water partition coefficient (Wildman–Crippen LogP) is 4.58. The van der Waals surface area contributed by atoms with Crippen molar-refractivity contribution in [1.29, 1.82) is 0 Å². The van der Waals surface area contributed by atoms with Crippen molar-refractivity contribution >= 4 is 11.8 Å². The van der Waals surface area contributed by atoms with Crippen LogP contribution in [-0.2, 0) is 28.5 Å². The summed E-state index contributed by atoms with van der Waals surface area (Å²) >= 11 is 0. The number of carbonyl (C=O) groups excluding carboxylic acids is 2. The van der Waals surface area contributed by atoms with Crippen LogP contribution in [0.3, 0.4) is 0 Å². The van der Waals surface area contributed by atoms with Crippen molar-refractivity contribution in [2.24, 2.45) is 23.7 Å². The maximum absolute atomic E-state index is 12.9. The van der Waals surface area contributed by atoms with Gasteiger partial charge in [-0.1, -0.05) is 54.4 Å². The van der Waals surface area contributed by atoms with Gasteiger partial charge in [0.05, 0.1) is 17.6 Å². The third-order valence-electron chi connectivity index (χ3n) is 7.07. The van der Waals surface area contributed by atoms with Gasteiger partial charge in [-0.15, -0.1) is 0 Å². The number of carbonyl (C=O) groups is 2. The third-order valence-corrected chi connectivity index (χ3v) is 7.07. The molecule has 10 atom stereocenters. The molecule has 0 fully saturated rings. The van der Waals surface area contributed by atoms with Gasteiger partial charge in [-0.25, -0.2) is 0 Å². The van der Waals surface area contributed by atoms with E-state index in [1.807, 2.05) is 34.6 Å². The normalized spacial score (nSPS) is 20.8. The summed E-state index contributed by atoms with van der Waals surface area (Å²) in [7, 11) is 1.37. The molecule has 0 radical (unpaired) electrons. The zero-order chi connectivity index (χ0) is 29.6. The summed E-state index contributed by atoms with van der Waals surface area (Å²) in [6.07, 6.45) is -0.762. The van der Waals surface area contributed by atoms with Crippen molar-refractivity contribution in [3.63, 3.8) is 0 Å². The van der Waals surface area contributed by atoms with E-state index in [1.54, 1.807) is 27.7 Å². The Morgan fingerprint density at radius 3 is 1.95 bits per heavy atom. The van der Waals surface area contributed by atoms with Crippen molar-refractivity contribution in [3.05, 3.63) is 0 Å². The molecular formula is C29H56O9. The van der Waals surface area contributed by atoms with E-state index in [9.17, 15) is 24.9 Å². The highest BCUT2D eigenvalue weighted by Crippen LogP contribution is 2.33. The van der Waals surface area contributed by atoms with Crippen molar-refractivity contribution in [1.82, 2.24) is 0 Å². The Bertz CT molecular complexity index is 668. The van der Waals surface area contributed by atoms with Crippen LogP contribution in [0.1, 0.15) is 107 Å². The molecule has 0 saturated heterocycles. The number of methoxy groups -OCH3 is 1. The SMILES string of the molecule is CCCC(OC(C(C)C[C@@](C)(O)C[C@@H](C)C(=O)[C@H](C)CCC)C(C)C(=O)OC(O)CC)O[C@@H](C)C(O)OC. The molecule has 0 amide bonds. The molecule has 0 saturated carbocycles. The second-order valence-electron chi connectivity index (χ2n) is 11.3. The predicted molar refractivity (Wildman–Crippen MR) is 146 cm³/mol. The fraction of sp³-hybridized carbons (Fsp3) is 0.931. The summed E-state index contributed by atoms with van der Waals surface area (Å²) in [5.74, 6) is -1.97. The number of hydrogen-bond acceptors (Lipinski definition) is 9. The molecule has 3 N–H and O–H groups in total. The smallest absolute Gasteiger partial charge is 0.313 e. The van der Waals surface area contributed by atoms with Crippen LogP contribution in [0.4, 0.5) is 0 Å². The van der Waals surface area contributed by atoms with Crippen molar-refractivity contribution < 1.29 is 43.9 Å².